The molecular weight excluding hydrogens is 302 g/mol. The molecule has 0 aliphatic carbocycles. The Morgan fingerprint density at radius 2 is 1.68 bits per heavy atom. The number of nitrogens with one attached hydrogen (secondary N) is 1. The lowest BCUT2D eigenvalue weighted by molar-refractivity contribution is -0.0796. The van der Waals surface area contributed by atoms with E-state index in [0.717, 1.165) is 5.56 Å². The van der Waals surface area contributed by atoms with Crippen molar-refractivity contribution in [3.05, 3.63) is 54.1 Å². The van der Waals surface area contributed by atoms with Crippen molar-refractivity contribution in [2.24, 2.45) is 0 Å². The number of aryl methyl sites for hydroxylation is 1. The summed E-state index contributed by atoms with van der Waals surface area (Å²) in [5, 5.41) is 0. The molecule has 0 atom stereocenters. The first-order chi connectivity index (χ1) is 10.5. The number of sulfonamides is 1. The van der Waals surface area contributed by atoms with Gasteiger partial charge >= 0.3 is 0 Å². The highest BCUT2D eigenvalue weighted by molar-refractivity contribution is 7.92. The van der Waals surface area contributed by atoms with E-state index >= 15 is 0 Å². The van der Waals surface area contributed by atoms with E-state index < -0.39 is 10.0 Å². The molecule has 1 aliphatic rings. The Hall–Kier alpha value is -2.05. The highest BCUT2D eigenvalue weighted by atomic mass is 32.2. The highest BCUT2D eigenvalue weighted by Crippen LogP contribution is 2.21. The SMILES string of the molecule is Cc1ccc(S(=O)(=O)Nc2ccc(OC3COC3)cc2)cc1. The van der Waals surface area contributed by atoms with Crippen molar-refractivity contribution in [2.45, 2.75) is 17.9 Å². The molecule has 1 heterocycles. The molecule has 6 heteroatoms. The molecule has 3 rings (SSSR count). The fourth-order valence-corrected chi connectivity index (χ4v) is 3.07. The smallest absolute Gasteiger partial charge is 0.261 e. The molecule has 2 aromatic carbocycles. The molecule has 0 saturated carbocycles. The van der Waals surface area contributed by atoms with Gasteiger partial charge in [0.25, 0.3) is 10.0 Å². The summed E-state index contributed by atoms with van der Waals surface area (Å²) < 4.78 is 37.8. The number of hydrogen-bond donors (Lipinski definition) is 1. The minimum absolute atomic E-state index is 0.0927. The summed E-state index contributed by atoms with van der Waals surface area (Å²) in [7, 11) is -3.57. The maximum absolute atomic E-state index is 12.3. The lowest BCUT2D eigenvalue weighted by Crippen LogP contribution is -2.38. The van der Waals surface area contributed by atoms with E-state index in [4.69, 9.17) is 9.47 Å². The van der Waals surface area contributed by atoms with Gasteiger partial charge in [-0.1, -0.05) is 17.7 Å². The molecule has 116 valence electrons. The first-order valence-electron chi connectivity index (χ1n) is 6.97. The molecule has 2 aromatic rings. The third-order valence-electron chi connectivity index (χ3n) is 3.35. The van der Waals surface area contributed by atoms with Crippen LogP contribution in [0.15, 0.2) is 53.4 Å². The van der Waals surface area contributed by atoms with Crippen LogP contribution in [0, 0.1) is 6.92 Å². The lowest BCUT2D eigenvalue weighted by Gasteiger charge is -2.26. The van der Waals surface area contributed by atoms with Crippen molar-refractivity contribution in [1.29, 1.82) is 0 Å². The van der Waals surface area contributed by atoms with Crippen molar-refractivity contribution in [2.75, 3.05) is 17.9 Å². The molecule has 0 unspecified atom stereocenters. The second kappa shape index (κ2) is 5.98. The number of rotatable bonds is 5. The molecule has 0 amide bonds. The van der Waals surface area contributed by atoms with Crippen molar-refractivity contribution >= 4 is 15.7 Å². The lowest BCUT2D eigenvalue weighted by atomic mass is 10.2. The van der Waals surface area contributed by atoms with Gasteiger partial charge in [-0.2, -0.15) is 0 Å². The maximum atomic E-state index is 12.3. The van der Waals surface area contributed by atoms with Gasteiger partial charge in [0, 0.05) is 5.69 Å². The Labute approximate surface area is 129 Å². The van der Waals surface area contributed by atoms with Gasteiger partial charge in [-0.05, 0) is 43.3 Å². The molecule has 0 spiro atoms. The van der Waals surface area contributed by atoms with Gasteiger partial charge < -0.3 is 9.47 Å². The minimum atomic E-state index is -3.57. The van der Waals surface area contributed by atoms with Gasteiger partial charge in [-0.3, -0.25) is 4.72 Å². The Balaban J connectivity index is 1.70. The van der Waals surface area contributed by atoms with Gasteiger partial charge in [0.2, 0.25) is 0 Å². The number of anilines is 1. The fourth-order valence-electron chi connectivity index (χ4n) is 2.01. The fraction of sp³-hybridized carbons (Fsp3) is 0.250. The average Bonchev–Trinajstić information content (AvgIpc) is 2.45. The molecule has 1 N–H and O–H groups in total. The second-order valence-electron chi connectivity index (χ2n) is 5.22. The van der Waals surface area contributed by atoms with Crippen LogP contribution in [0.3, 0.4) is 0 Å². The van der Waals surface area contributed by atoms with E-state index in [2.05, 4.69) is 4.72 Å². The largest absolute Gasteiger partial charge is 0.486 e. The quantitative estimate of drug-likeness (QED) is 0.920. The predicted octanol–water partition coefficient (Wildman–Crippen LogP) is 2.57. The molecule has 1 saturated heterocycles. The van der Waals surface area contributed by atoms with Crippen LogP contribution in [-0.2, 0) is 14.8 Å². The van der Waals surface area contributed by atoms with Gasteiger partial charge in [0.15, 0.2) is 0 Å². The van der Waals surface area contributed by atoms with E-state index in [0.29, 0.717) is 24.7 Å². The zero-order valence-electron chi connectivity index (χ0n) is 12.2. The predicted molar refractivity (Wildman–Crippen MR) is 83.7 cm³/mol. The standard InChI is InChI=1S/C16H17NO4S/c1-12-2-8-16(9-3-12)22(18,19)17-13-4-6-14(7-5-13)21-15-10-20-11-15/h2-9,15,17H,10-11H2,1H3. The Morgan fingerprint density at radius 3 is 2.23 bits per heavy atom. The molecule has 0 aromatic heterocycles. The van der Waals surface area contributed by atoms with Crippen LogP contribution in [0.4, 0.5) is 5.69 Å². The van der Waals surface area contributed by atoms with Crippen LogP contribution in [-0.4, -0.2) is 27.7 Å². The van der Waals surface area contributed by atoms with Crippen LogP contribution in [0.25, 0.3) is 0 Å². The van der Waals surface area contributed by atoms with E-state index in [9.17, 15) is 8.42 Å². The minimum Gasteiger partial charge on any atom is -0.486 e. The molecule has 1 aliphatic heterocycles. The van der Waals surface area contributed by atoms with E-state index in [-0.39, 0.29) is 11.0 Å². The molecule has 22 heavy (non-hydrogen) atoms. The maximum Gasteiger partial charge on any atom is 0.261 e. The normalized spacial score (nSPS) is 15.1. The van der Waals surface area contributed by atoms with Gasteiger partial charge in [0.05, 0.1) is 18.1 Å². The van der Waals surface area contributed by atoms with Crippen molar-refractivity contribution < 1.29 is 17.9 Å². The van der Waals surface area contributed by atoms with Crippen molar-refractivity contribution in [3.8, 4) is 5.75 Å². The van der Waals surface area contributed by atoms with E-state index in [1.54, 1.807) is 48.5 Å². The highest BCUT2D eigenvalue weighted by Gasteiger charge is 2.20. The van der Waals surface area contributed by atoms with Gasteiger partial charge in [-0.15, -0.1) is 0 Å². The topological polar surface area (TPSA) is 64.6 Å². The first-order valence-corrected chi connectivity index (χ1v) is 8.45. The zero-order chi connectivity index (χ0) is 15.6. The van der Waals surface area contributed by atoms with E-state index in [1.165, 1.54) is 0 Å². The van der Waals surface area contributed by atoms with Crippen LogP contribution < -0.4 is 9.46 Å². The third kappa shape index (κ3) is 3.40. The molecule has 5 nitrogen and oxygen atoms in total. The van der Waals surface area contributed by atoms with Gasteiger partial charge in [-0.25, -0.2) is 8.42 Å². The number of ether oxygens (including phenoxy) is 2. The first kappa shape index (κ1) is 14.9. The zero-order valence-corrected chi connectivity index (χ0v) is 13.0. The average molecular weight is 319 g/mol. The molecule has 0 radical (unpaired) electrons. The second-order valence-corrected chi connectivity index (χ2v) is 6.90. The van der Waals surface area contributed by atoms with Crippen molar-refractivity contribution in [1.82, 2.24) is 0 Å². The Kier molecular flexibility index (Phi) is 4.04. The summed E-state index contributed by atoms with van der Waals surface area (Å²) in [6.07, 6.45) is 0.0927. The van der Waals surface area contributed by atoms with Crippen LogP contribution >= 0.6 is 0 Å². The molecule has 0 bridgehead atoms. The Morgan fingerprint density at radius 1 is 1.05 bits per heavy atom. The van der Waals surface area contributed by atoms with Gasteiger partial charge in [0.1, 0.15) is 11.9 Å². The number of benzene rings is 2. The van der Waals surface area contributed by atoms with Crippen LogP contribution in [0.5, 0.6) is 5.75 Å². The monoisotopic (exact) mass is 319 g/mol. The summed E-state index contributed by atoms with van der Waals surface area (Å²) in [4.78, 5) is 0.241. The summed E-state index contributed by atoms with van der Waals surface area (Å²) in [6, 6.07) is 13.6. The van der Waals surface area contributed by atoms with Crippen LogP contribution in [0.1, 0.15) is 5.56 Å². The summed E-state index contributed by atoms with van der Waals surface area (Å²) in [5.41, 5.74) is 1.51. The third-order valence-corrected chi connectivity index (χ3v) is 4.75. The summed E-state index contributed by atoms with van der Waals surface area (Å²) in [6.45, 7) is 3.11. The molecular formula is C16H17NO4S. The van der Waals surface area contributed by atoms with Crippen LogP contribution in [0.2, 0.25) is 0 Å². The molecule has 1 fully saturated rings. The van der Waals surface area contributed by atoms with E-state index in [1.807, 2.05) is 6.92 Å². The van der Waals surface area contributed by atoms with Crippen molar-refractivity contribution in [3.63, 3.8) is 0 Å². The Bertz CT molecular complexity index is 735. The summed E-state index contributed by atoms with van der Waals surface area (Å²) in [5.74, 6) is 0.701. The summed E-state index contributed by atoms with van der Waals surface area (Å²) >= 11 is 0. The number of hydrogen-bond acceptors (Lipinski definition) is 4.